The summed E-state index contributed by atoms with van der Waals surface area (Å²) in [5, 5.41) is -1.34. The number of nitrogen functional groups attached to an aromatic ring is 1. The number of hydrogen-bond acceptors (Lipinski definition) is 5. The van der Waals surface area contributed by atoms with E-state index in [-0.39, 0.29) is 18.7 Å². The molecule has 1 aromatic rings. The summed E-state index contributed by atoms with van der Waals surface area (Å²) in [5.41, 5.74) is 6.23. The number of nitrogens with two attached hydrogens (primary N) is 1. The van der Waals surface area contributed by atoms with Gasteiger partial charge in [0.15, 0.2) is 0 Å². The Morgan fingerprint density at radius 1 is 1.50 bits per heavy atom. The summed E-state index contributed by atoms with van der Waals surface area (Å²) in [6, 6.07) is 0. The van der Waals surface area contributed by atoms with E-state index in [1.54, 1.807) is 0 Å². The zero-order chi connectivity index (χ0) is 13.5. The Morgan fingerprint density at radius 2 is 2.17 bits per heavy atom. The highest BCUT2D eigenvalue weighted by Gasteiger charge is 2.40. The Morgan fingerprint density at radius 3 is 2.67 bits per heavy atom. The second-order valence-corrected chi connectivity index (χ2v) is 6.34. The summed E-state index contributed by atoms with van der Waals surface area (Å²) < 4.78 is 35.0. The molecule has 1 unspecified atom stereocenters. The van der Waals surface area contributed by atoms with Crippen LogP contribution in [0, 0.1) is 0 Å². The summed E-state index contributed by atoms with van der Waals surface area (Å²) in [6.45, 7) is -0.246. The van der Waals surface area contributed by atoms with Gasteiger partial charge in [0.05, 0.1) is 22.0 Å². The van der Waals surface area contributed by atoms with Gasteiger partial charge in [-0.3, -0.25) is 9.78 Å². The molecule has 2 heterocycles. The van der Waals surface area contributed by atoms with Crippen molar-refractivity contribution < 1.29 is 17.1 Å². The summed E-state index contributed by atoms with van der Waals surface area (Å²) >= 11 is 3.18. The van der Waals surface area contributed by atoms with Crippen LogP contribution in [0.4, 0.5) is 15.3 Å². The van der Waals surface area contributed by atoms with Crippen LogP contribution in [-0.4, -0.2) is 31.1 Å². The van der Waals surface area contributed by atoms with Crippen molar-refractivity contribution >= 4 is 43.4 Å². The molecule has 2 N–H and O–H groups in total. The van der Waals surface area contributed by atoms with Crippen molar-refractivity contribution in [3.05, 3.63) is 16.9 Å². The number of rotatable bonds is 2. The lowest BCUT2D eigenvalue weighted by molar-refractivity contribution is -0.117. The molecule has 2 rings (SSSR count). The molecule has 0 radical (unpaired) electrons. The number of amides is 1. The number of pyridine rings is 1. The van der Waals surface area contributed by atoms with Crippen molar-refractivity contribution in [2.75, 3.05) is 17.2 Å². The monoisotopic (exact) mass is 337 g/mol. The van der Waals surface area contributed by atoms with Gasteiger partial charge in [-0.25, -0.2) is 0 Å². The molecule has 6 nitrogen and oxygen atoms in total. The van der Waals surface area contributed by atoms with Crippen molar-refractivity contribution in [3.8, 4) is 0 Å². The number of hydrogen-bond donors (Lipinski definition) is 1. The highest BCUT2D eigenvalue weighted by atomic mass is 79.9. The minimum absolute atomic E-state index is 0.217. The van der Waals surface area contributed by atoms with Crippen LogP contribution >= 0.6 is 15.9 Å². The summed E-state index contributed by atoms with van der Waals surface area (Å²) in [7, 11) is -4.74. The van der Waals surface area contributed by atoms with E-state index in [0.29, 0.717) is 10.2 Å². The Labute approximate surface area is 111 Å². The average molecular weight is 338 g/mol. The smallest absolute Gasteiger partial charge is 0.307 e. The fourth-order valence-corrected chi connectivity index (χ4v) is 3.04. The molecule has 1 aromatic heterocycles. The van der Waals surface area contributed by atoms with E-state index in [2.05, 4.69) is 20.9 Å². The van der Waals surface area contributed by atoms with Crippen LogP contribution in [0.15, 0.2) is 16.9 Å². The molecule has 1 saturated heterocycles. The zero-order valence-electron chi connectivity index (χ0n) is 9.01. The molecule has 0 saturated carbocycles. The van der Waals surface area contributed by atoms with Gasteiger partial charge in [-0.2, -0.15) is 8.42 Å². The second kappa shape index (κ2) is 4.47. The van der Waals surface area contributed by atoms with Crippen molar-refractivity contribution in [2.45, 2.75) is 11.7 Å². The van der Waals surface area contributed by atoms with E-state index in [4.69, 9.17) is 5.73 Å². The predicted molar refractivity (Wildman–Crippen MR) is 67.1 cm³/mol. The molecule has 0 bridgehead atoms. The lowest BCUT2D eigenvalue weighted by Crippen LogP contribution is -2.28. The Balaban J connectivity index is 2.39. The van der Waals surface area contributed by atoms with Crippen LogP contribution < -0.4 is 10.6 Å². The van der Waals surface area contributed by atoms with Crippen molar-refractivity contribution in [2.24, 2.45) is 0 Å². The van der Waals surface area contributed by atoms with Crippen molar-refractivity contribution in [1.82, 2.24) is 4.98 Å². The first-order valence-electron chi connectivity index (χ1n) is 4.93. The number of carbonyl (C=O) groups is 1. The van der Waals surface area contributed by atoms with Crippen LogP contribution in [-0.2, 0) is 15.0 Å². The molecule has 9 heteroatoms. The maximum absolute atomic E-state index is 12.9. The third-order valence-electron chi connectivity index (χ3n) is 2.66. The molecule has 1 amide bonds. The maximum Gasteiger partial charge on any atom is 0.307 e. The third-order valence-corrected chi connectivity index (χ3v) is 4.35. The second-order valence-electron chi connectivity index (χ2n) is 3.87. The standard InChI is InChI=1S/C9H9BrFN3O3S/c10-6-2-13-3-7(12)9(6)14-4-5(1-8(14)15)18(11,16)17/h2-3,5H,1,4,12H2. The van der Waals surface area contributed by atoms with Gasteiger partial charge in [0.25, 0.3) is 0 Å². The van der Waals surface area contributed by atoms with Crippen LogP contribution in [0.25, 0.3) is 0 Å². The molecule has 0 spiro atoms. The van der Waals surface area contributed by atoms with Crippen molar-refractivity contribution in [3.63, 3.8) is 0 Å². The number of carbonyl (C=O) groups excluding carboxylic acids is 1. The fourth-order valence-electron chi connectivity index (χ4n) is 1.81. The molecule has 0 aromatic carbocycles. The highest BCUT2D eigenvalue weighted by molar-refractivity contribution is 9.10. The van der Waals surface area contributed by atoms with Gasteiger partial charge in [0, 0.05) is 19.2 Å². The lowest BCUT2D eigenvalue weighted by atomic mass is 10.3. The lowest BCUT2D eigenvalue weighted by Gasteiger charge is -2.19. The van der Waals surface area contributed by atoms with Crippen molar-refractivity contribution in [1.29, 1.82) is 0 Å². The molecule has 1 aliphatic heterocycles. The van der Waals surface area contributed by atoms with E-state index >= 15 is 0 Å². The van der Waals surface area contributed by atoms with E-state index in [9.17, 15) is 17.1 Å². The molecule has 1 atom stereocenters. The minimum Gasteiger partial charge on any atom is -0.396 e. The van der Waals surface area contributed by atoms with E-state index < -0.39 is 21.4 Å². The number of halogens is 2. The third kappa shape index (κ3) is 2.32. The number of nitrogens with zero attached hydrogens (tertiary/aromatic N) is 2. The molecule has 1 aliphatic rings. The molecule has 18 heavy (non-hydrogen) atoms. The molecular weight excluding hydrogens is 329 g/mol. The van der Waals surface area contributed by atoms with Crippen LogP contribution in [0.5, 0.6) is 0 Å². The van der Waals surface area contributed by atoms with Gasteiger partial charge in [0.1, 0.15) is 5.25 Å². The van der Waals surface area contributed by atoms with Gasteiger partial charge < -0.3 is 10.6 Å². The minimum atomic E-state index is -4.74. The predicted octanol–water partition coefficient (Wildman–Crippen LogP) is 0.831. The van der Waals surface area contributed by atoms with Gasteiger partial charge in [-0.1, -0.05) is 0 Å². The van der Waals surface area contributed by atoms with Gasteiger partial charge in [-0.15, -0.1) is 3.89 Å². The largest absolute Gasteiger partial charge is 0.396 e. The highest BCUT2D eigenvalue weighted by Crippen LogP contribution is 2.35. The van der Waals surface area contributed by atoms with Gasteiger partial charge >= 0.3 is 10.2 Å². The molecule has 1 fully saturated rings. The van der Waals surface area contributed by atoms with E-state index in [1.807, 2.05) is 0 Å². The summed E-state index contributed by atoms with van der Waals surface area (Å²) in [5.74, 6) is -0.486. The van der Waals surface area contributed by atoms with Crippen LogP contribution in [0.3, 0.4) is 0 Å². The van der Waals surface area contributed by atoms with Crippen LogP contribution in [0.2, 0.25) is 0 Å². The average Bonchev–Trinajstić information content (AvgIpc) is 2.60. The Hall–Kier alpha value is -1.22. The van der Waals surface area contributed by atoms with Gasteiger partial charge in [0.2, 0.25) is 5.91 Å². The molecule has 98 valence electrons. The fraction of sp³-hybridized carbons (Fsp3) is 0.333. The first-order valence-corrected chi connectivity index (χ1v) is 7.17. The molecular formula is C9H9BrFN3O3S. The van der Waals surface area contributed by atoms with Gasteiger partial charge in [-0.05, 0) is 15.9 Å². The number of anilines is 2. The first-order chi connectivity index (χ1) is 8.30. The maximum atomic E-state index is 12.9. The Bertz CT molecular complexity index is 587. The topological polar surface area (TPSA) is 93.4 Å². The zero-order valence-corrected chi connectivity index (χ0v) is 11.4. The first kappa shape index (κ1) is 13.2. The molecule has 0 aliphatic carbocycles. The summed E-state index contributed by atoms with van der Waals surface area (Å²) in [4.78, 5) is 16.7. The number of aromatic nitrogens is 1. The Kier molecular flexibility index (Phi) is 3.28. The SMILES string of the molecule is Nc1cncc(Br)c1N1CC(S(=O)(=O)F)CC1=O. The van der Waals surface area contributed by atoms with Crippen LogP contribution in [0.1, 0.15) is 6.42 Å². The normalized spacial score (nSPS) is 20.4. The van der Waals surface area contributed by atoms with E-state index in [0.717, 1.165) is 4.90 Å². The summed E-state index contributed by atoms with van der Waals surface area (Å²) in [6.07, 6.45) is 2.38. The quantitative estimate of drug-likeness (QED) is 0.807. The van der Waals surface area contributed by atoms with E-state index in [1.165, 1.54) is 12.4 Å².